The lowest BCUT2D eigenvalue weighted by Crippen LogP contribution is -2.25. The van der Waals surface area contributed by atoms with Crippen LogP contribution in [0, 0.1) is 0 Å². The average Bonchev–Trinajstić information content (AvgIpc) is 3.11. The Kier molecular flexibility index (Phi) is 3.55. The molecule has 0 unspecified atom stereocenters. The Morgan fingerprint density at radius 3 is 3.10 bits per heavy atom. The van der Waals surface area contributed by atoms with Gasteiger partial charge in [0.2, 0.25) is 0 Å². The lowest BCUT2D eigenvalue weighted by Gasteiger charge is -2.23. The molecule has 5 heteroatoms. The van der Waals surface area contributed by atoms with Crippen LogP contribution in [0.25, 0.3) is 0 Å². The number of hydrogen-bond donors (Lipinski definition) is 1. The van der Waals surface area contributed by atoms with E-state index in [1.165, 1.54) is 54.1 Å². The number of hydrogen-bond acceptors (Lipinski definition) is 4. The monoisotopic (exact) mass is 302 g/mol. The van der Waals surface area contributed by atoms with E-state index in [0.29, 0.717) is 6.04 Å². The number of aromatic nitrogens is 3. The van der Waals surface area contributed by atoms with Gasteiger partial charge in [-0.05, 0) is 39.0 Å². The first-order valence-corrected chi connectivity index (χ1v) is 8.95. The summed E-state index contributed by atoms with van der Waals surface area (Å²) in [6.45, 7) is 4.02. The van der Waals surface area contributed by atoms with Gasteiger partial charge in [0.25, 0.3) is 0 Å². The lowest BCUT2D eigenvalue weighted by molar-refractivity contribution is 0.446. The Morgan fingerprint density at radius 2 is 2.29 bits per heavy atom. The summed E-state index contributed by atoms with van der Waals surface area (Å²) < 4.78 is 2.15. The molecule has 0 aromatic carbocycles. The Morgan fingerprint density at radius 1 is 1.38 bits per heavy atom. The van der Waals surface area contributed by atoms with Crippen LogP contribution in [0.1, 0.15) is 66.5 Å². The Labute approximate surface area is 129 Å². The van der Waals surface area contributed by atoms with E-state index >= 15 is 0 Å². The van der Waals surface area contributed by atoms with Crippen LogP contribution < -0.4 is 5.32 Å². The van der Waals surface area contributed by atoms with Crippen molar-refractivity contribution in [1.29, 1.82) is 0 Å². The quantitative estimate of drug-likeness (QED) is 0.920. The highest BCUT2D eigenvalue weighted by atomic mass is 32.1. The van der Waals surface area contributed by atoms with Gasteiger partial charge in [-0.1, -0.05) is 0 Å². The summed E-state index contributed by atoms with van der Waals surface area (Å²) in [5, 5.41) is 11.8. The molecule has 0 bridgehead atoms. The van der Waals surface area contributed by atoms with E-state index in [2.05, 4.69) is 33.6 Å². The molecule has 21 heavy (non-hydrogen) atoms. The smallest absolute Gasteiger partial charge is 0.0959 e. The maximum atomic E-state index is 4.77. The summed E-state index contributed by atoms with van der Waals surface area (Å²) in [5.41, 5.74) is 4.04. The average molecular weight is 302 g/mol. The molecule has 1 atom stereocenters. The molecule has 0 saturated heterocycles. The minimum Gasteiger partial charge on any atom is -0.304 e. The molecule has 0 spiro atoms. The number of aryl methyl sites for hydroxylation is 1. The lowest BCUT2D eigenvalue weighted by atomic mass is 9.93. The number of thiazole rings is 1. The van der Waals surface area contributed by atoms with Crippen molar-refractivity contribution in [3.8, 4) is 0 Å². The zero-order valence-corrected chi connectivity index (χ0v) is 13.3. The summed E-state index contributed by atoms with van der Waals surface area (Å²) in [6.07, 6.45) is 8.37. The molecule has 2 aromatic heterocycles. The highest BCUT2D eigenvalue weighted by Gasteiger charge is 2.27. The zero-order chi connectivity index (χ0) is 14.2. The van der Waals surface area contributed by atoms with E-state index < -0.39 is 0 Å². The molecule has 0 amide bonds. The van der Waals surface area contributed by atoms with Crippen molar-refractivity contribution >= 4 is 11.3 Å². The summed E-state index contributed by atoms with van der Waals surface area (Å²) in [5.74, 6) is 0.771. The Balaban J connectivity index is 1.44. The van der Waals surface area contributed by atoms with Crippen LogP contribution in [0.5, 0.6) is 0 Å². The van der Waals surface area contributed by atoms with Crippen molar-refractivity contribution in [3.05, 3.63) is 33.5 Å². The van der Waals surface area contributed by atoms with E-state index in [9.17, 15) is 0 Å². The molecular formula is C16H22N4S. The van der Waals surface area contributed by atoms with Gasteiger partial charge in [0.15, 0.2) is 0 Å². The normalized spacial score (nSPS) is 21.5. The molecule has 1 N–H and O–H groups in total. The van der Waals surface area contributed by atoms with Crippen molar-refractivity contribution in [2.24, 2.45) is 0 Å². The molecule has 0 aliphatic heterocycles. The topological polar surface area (TPSA) is 42.7 Å². The predicted octanol–water partition coefficient (Wildman–Crippen LogP) is 3.40. The van der Waals surface area contributed by atoms with E-state index in [4.69, 9.17) is 4.98 Å². The molecule has 1 fully saturated rings. The maximum Gasteiger partial charge on any atom is 0.0959 e. The number of nitrogens with one attached hydrogen (secondary N) is 1. The second-order valence-corrected chi connectivity index (χ2v) is 7.03. The molecule has 4 nitrogen and oxygen atoms in total. The summed E-state index contributed by atoms with van der Waals surface area (Å²) in [4.78, 5) is 4.77. The van der Waals surface area contributed by atoms with Gasteiger partial charge in [-0.15, -0.1) is 11.3 Å². The van der Waals surface area contributed by atoms with Crippen LogP contribution in [-0.2, 0) is 19.5 Å². The van der Waals surface area contributed by atoms with E-state index in [1.54, 1.807) is 0 Å². The Bertz CT molecular complexity index is 626. The molecule has 2 aliphatic carbocycles. The van der Waals surface area contributed by atoms with Gasteiger partial charge in [0, 0.05) is 41.7 Å². The number of nitrogens with zero attached hydrogens (tertiary/aromatic N) is 3. The predicted molar refractivity (Wildman–Crippen MR) is 84.5 cm³/mol. The zero-order valence-electron chi connectivity index (χ0n) is 12.5. The van der Waals surface area contributed by atoms with Crippen molar-refractivity contribution in [1.82, 2.24) is 20.1 Å². The largest absolute Gasteiger partial charge is 0.304 e. The van der Waals surface area contributed by atoms with Crippen LogP contribution in [0.2, 0.25) is 0 Å². The van der Waals surface area contributed by atoms with Gasteiger partial charge in [-0.2, -0.15) is 5.10 Å². The molecule has 112 valence electrons. The van der Waals surface area contributed by atoms with Crippen molar-refractivity contribution in [2.75, 3.05) is 0 Å². The van der Waals surface area contributed by atoms with Gasteiger partial charge in [-0.25, -0.2) is 4.98 Å². The van der Waals surface area contributed by atoms with Crippen LogP contribution in [0.15, 0.2) is 11.6 Å². The summed E-state index contributed by atoms with van der Waals surface area (Å²) in [6, 6.07) is 0.445. The van der Waals surface area contributed by atoms with Gasteiger partial charge >= 0.3 is 0 Å². The van der Waals surface area contributed by atoms with Crippen LogP contribution in [-0.4, -0.2) is 14.8 Å². The highest BCUT2D eigenvalue weighted by Crippen LogP contribution is 2.41. The fraction of sp³-hybridized carbons (Fsp3) is 0.625. The minimum atomic E-state index is 0.445. The number of rotatable bonds is 5. The van der Waals surface area contributed by atoms with Crippen LogP contribution in [0.4, 0.5) is 0 Å². The van der Waals surface area contributed by atoms with E-state index in [1.807, 2.05) is 11.3 Å². The third-order valence-electron chi connectivity index (χ3n) is 4.59. The second kappa shape index (κ2) is 5.54. The number of fused-ring (bicyclic) bond motifs is 1. The summed E-state index contributed by atoms with van der Waals surface area (Å²) >= 11 is 1.83. The summed E-state index contributed by atoms with van der Waals surface area (Å²) in [7, 11) is 0. The molecule has 2 aliphatic rings. The fourth-order valence-corrected chi connectivity index (χ4v) is 4.24. The van der Waals surface area contributed by atoms with Crippen molar-refractivity contribution in [3.63, 3.8) is 0 Å². The first kappa shape index (κ1) is 13.5. The molecule has 1 saturated carbocycles. The molecule has 4 rings (SSSR count). The van der Waals surface area contributed by atoms with Gasteiger partial charge < -0.3 is 5.32 Å². The third kappa shape index (κ3) is 2.64. The van der Waals surface area contributed by atoms with Crippen LogP contribution in [0.3, 0.4) is 0 Å². The fourth-order valence-electron chi connectivity index (χ4n) is 3.25. The highest BCUT2D eigenvalue weighted by molar-refractivity contribution is 7.09. The van der Waals surface area contributed by atoms with Crippen molar-refractivity contribution in [2.45, 2.75) is 64.1 Å². The second-order valence-electron chi connectivity index (χ2n) is 6.14. The molecule has 0 radical (unpaired) electrons. The third-order valence-corrected chi connectivity index (χ3v) is 5.64. The minimum absolute atomic E-state index is 0.445. The molecule has 2 heterocycles. The SMILES string of the molecule is CCn1ncc2c1CCC[C@H]2NCc1csc(C2CC2)n1. The van der Waals surface area contributed by atoms with Gasteiger partial charge in [0.1, 0.15) is 0 Å². The van der Waals surface area contributed by atoms with Gasteiger partial charge in [0.05, 0.1) is 16.9 Å². The van der Waals surface area contributed by atoms with Crippen LogP contribution >= 0.6 is 11.3 Å². The molecular weight excluding hydrogens is 280 g/mol. The first-order chi connectivity index (χ1) is 10.3. The van der Waals surface area contributed by atoms with E-state index in [0.717, 1.165) is 19.0 Å². The molecule has 2 aromatic rings. The standard InChI is InChI=1S/C16H22N4S/c1-2-20-15-5-3-4-14(13(15)9-18-20)17-8-12-10-21-16(19-12)11-6-7-11/h9-11,14,17H,2-8H2,1H3/t14-/m1/s1. The van der Waals surface area contributed by atoms with Gasteiger partial charge in [-0.3, -0.25) is 4.68 Å². The van der Waals surface area contributed by atoms with E-state index in [-0.39, 0.29) is 0 Å². The Hall–Kier alpha value is -1.20. The van der Waals surface area contributed by atoms with Crippen molar-refractivity contribution < 1.29 is 0 Å². The first-order valence-electron chi connectivity index (χ1n) is 8.07. The maximum absolute atomic E-state index is 4.77.